The second-order valence-corrected chi connectivity index (χ2v) is 6.85. The lowest BCUT2D eigenvalue weighted by Gasteiger charge is -2.35. The van der Waals surface area contributed by atoms with Gasteiger partial charge >= 0.3 is 0 Å². The maximum Gasteiger partial charge on any atom is 0.0934 e. The fourth-order valence-corrected chi connectivity index (χ4v) is 5.12. The summed E-state index contributed by atoms with van der Waals surface area (Å²) in [6.07, 6.45) is 6.75. The zero-order valence-electron chi connectivity index (χ0n) is 9.71. The van der Waals surface area contributed by atoms with Gasteiger partial charge in [-0.05, 0) is 43.4 Å². The molecule has 0 spiro atoms. The van der Waals surface area contributed by atoms with Crippen LogP contribution in [-0.4, -0.2) is 10.9 Å². The molecule has 16 heavy (non-hydrogen) atoms. The average Bonchev–Trinajstić information content (AvgIpc) is 2.94. The standard InChI is InChI=1S/C13H18ClNS/c1-9-7-16-12(15-9)6-13(8-14)5-10-2-3-11(13)4-10/h7,10-11H,2-6,8H2,1H3. The monoisotopic (exact) mass is 255 g/mol. The van der Waals surface area contributed by atoms with Crippen molar-refractivity contribution < 1.29 is 0 Å². The second-order valence-electron chi connectivity index (χ2n) is 5.64. The van der Waals surface area contributed by atoms with E-state index in [0.717, 1.165) is 29.8 Å². The second kappa shape index (κ2) is 3.99. The molecule has 0 saturated heterocycles. The van der Waals surface area contributed by atoms with Gasteiger partial charge in [0.25, 0.3) is 0 Å². The normalized spacial score (nSPS) is 37.1. The van der Waals surface area contributed by atoms with Gasteiger partial charge in [0.15, 0.2) is 0 Å². The van der Waals surface area contributed by atoms with E-state index in [1.165, 1.54) is 30.7 Å². The van der Waals surface area contributed by atoms with E-state index >= 15 is 0 Å². The molecule has 1 nitrogen and oxygen atoms in total. The molecule has 3 atom stereocenters. The Kier molecular flexibility index (Phi) is 2.75. The van der Waals surface area contributed by atoms with Crippen molar-refractivity contribution in [1.29, 1.82) is 0 Å². The largest absolute Gasteiger partial charge is 0.247 e. The van der Waals surface area contributed by atoms with Crippen LogP contribution in [0, 0.1) is 24.2 Å². The predicted octanol–water partition coefficient (Wildman–Crippen LogP) is 4.04. The van der Waals surface area contributed by atoms with Crippen molar-refractivity contribution >= 4 is 22.9 Å². The molecule has 2 aliphatic rings. The van der Waals surface area contributed by atoms with Crippen molar-refractivity contribution in [2.24, 2.45) is 17.3 Å². The molecule has 88 valence electrons. The van der Waals surface area contributed by atoms with Gasteiger partial charge in [-0.2, -0.15) is 0 Å². The van der Waals surface area contributed by atoms with E-state index < -0.39 is 0 Å². The Balaban J connectivity index is 1.81. The fraction of sp³-hybridized carbons (Fsp3) is 0.769. The van der Waals surface area contributed by atoms with E-state index in [4.69, 9.17) is 11.6 Å². The Morgan fingerprint density at radius 2 is 2.44 bits per heavy atom. The summed E-state index contributed by atoms with van der Waals surface area (Å²) in [5.41, 5.74) is 1.54. The number of rotatable bonds is 3. The summed E-state index contributed by atoms with van der Waals surface area (Å²) in [7, 11) is 0. The molecule has 1 heterocycles. The Bertz CT molecular complexity index is 389. The first-order chi connectivity index (χ1) is 7.72. The zero-order chi connectivity index (χ0) is 11.2. The van der Waals surface area contributed by atoms with Gasteiger partial charge in [-0.1, -0.05) is 6.42 Å². The smallest absolute Gasteiger partial charge is 0.0934 e. The Labute approximate surface area is 106 Å². The molecule has 1 aromatic heterocycles. The predicted molar refractivity (Wildman–Crippen MR) is 69.2 cm³/mol. The molecule has 3 heteroatoms. The number of aryl methyl sites for hydroxylation is 1. The number of aromatic nitrogens is 1. The molecule has 3 rings (SSSR count). The molecule has 2 bridgehead atoms. The van der Waals surface area contributed by atoms with Gasteiger partial charge in [-0.25, -0.2) is 4.98 Å². The first-order valence-electron chi connectivity index (χ1n) is 6.19. The topological polar surface area (TPSA) is 12.9 Å². The SMILES string of the molecule is Cc1csc(CC2(CCl)CC3CCC2C3)n1. The van der Waals surface area contributed by atoms with Crippen LogP contribution in [0.2, 0.25) is 0 Å². The molecule has 2 fully saturated rings. The number of halogens is 1. The van der Waals surface area contributed by atoms with Gasteiger partial charge in [-0.3, -0.25) is 0 Å². The maximum absolute atomic E-state index is 6.29. The van der Waals surface area contributed by atoms with Crippen LogP contribution in [0.5, 0.6) is 0 Å². The molecular weight excluding hydrogens is 238 g/mol. The van der Waals surface area contributed by atoms with Gasteiger partial charge in [0.05, 0.1) is 5.01 Å². The van der Waals surface area contributed by atoms with Crippen LogP contribution in [0.1, 0.15) is 36.4 Å². The first-order valence-corrected chi connectivity index (χ1v) is 7.60. The fourth-order valence-electron chi connectivity index (χ4n) is 3.77. The van der Waals surface area contributed by atoms with Crippen molar-refractivity contribution in [1.82, 2.24) is 4.98 Å². The van der Waals surface area contributed by atoms with E-state index in [2.05, 4.69) is 17.3 Å². The summed E-state index contributed by atoms with van der Waals surface area (Å²) in [6, 6.07) is 0. The highest BCUT2D eigenvalue weighted by Gasteiger charge is 2.50. The molecule has 3 unspecified atom stereocenters. The number of hydrogen-bond acceptors (Lipinski definition) is 2. The molecule has 2 aliphatic carbocycles. The van der Waals surface area contributed by atoms with E-state index in [0.29, 0.717) is 5.41 Å². The van der Waals surface area contributed by atoms with E-state index in [-0.39, 0.29) is 0 Å². The Hall–Kier alpha value is -0.0800. The first kappa shape index (κ1) is 11.0. The van der Waals surface area contributed by atoms with E-state index in [1.807, 2.05) is 11.3 Å². The molecule has 0 N–H and O–H groups in total. The van der Waals surface area contributed by atoms with Gasteiger partial charge in [0.2, 0.25) is 0 Å². The Morgan fingerprint density at radius 3 is 2.94 bits per heavy atom. The molecule has 1 aromatic rings. The van der Waals surface area contributed by atoms with Crippen LogP contribution < -0.4 is 0 Å². The number of alkyl halides is 1. The zero-order valence-corrected chi connectivity index (χ0v) is 11.3. The van der Waals surface area contributed by atoms with Crippen LogP contribution in [0.25, 0.3) is 0 Å². The van der Waals surface area contributed by atoms with Crippen molar-refractivity contribution in [3.8, 4) is 0 Å². The van der Waals surface area contributed by atoms with Gasteiger partial charge in [0, 0.05) is 23.4 Å². The summed E-state index contributed by atoms with van der Waals surface area (Å²) < 4.78 is 0. The molecule has 2 saturated carbocycles. The van der Waals surface area contributed by atoms with Crippen LogP contribution in [0.4, 0.5) is 0 Å². The van der Waals surface area contributed by atoms with Crippen LogP contribution in [0.15, 0.2) is 5.38 Å². The highest BCUT2D eigenvalue weighted by atomic mass is 35.5. The van der Waals surface area contributed by atoms with Crippen molar-refractivity contribution in [2.75, 3.05) is 5.88 Å². The van der Waals surface area contributed by atoms with E-state index in [1.54, 1.807) is 0 Å². The number of fused-ring (bicyclic) bond motifs is 2. The van der Waals surface area contributed by atoms with Crippen molar-refractivity contribution in [3.05, 3.63) is 16.1 Å². The summed E-state index contributed by atoms with van der Waals surface area (Å²) in [5.74, 6) is 2.66. The lowest BCUT2D eigenvalue weighted by Crippen LogP contribution is -2.32. The molecule has 0 aliphatic heterocycles. The third kappa shape index (κ3) is 1.70. The third-order valence-corrected chi connectivity index (χ3v) is 6.04. The lowest BCUT2D eigenvalue weighted by molar-refractivity contribution is 0.193. The van der Waals surface area contributed by atoms with Crippen LogP contribution in [-0.2, 0) is 6.42 Å². The Morgan fingerprint density at radius 1 is 1.56 bits per heavy atom. The van der Waals surface area contributed by atoms with E-state index in [9.17, 15) is 0 Å². The quantitative estimate of drug-likeness (QED) is 0.743. The third-order valence-electron chi connectivity index (χ3n) is 4.54. The lowest BCUT2D eigenvalue weighted by atomic mass is 9.72. The minimum Gasteiger partial charge on any atom is -0.247 e. The molecular formula is C13H18ClNS. The summed E-state index contributed by atoms with van der Waals surface area (Å²) in [6.45, 7) is 2.08. The molecule has 0 radical (unpaired) electrons. The number of thiazole rings is 1. The van der Waals surface area contributed by atoms with Crippen molar-refractivity contribution in [3.63, 3.8) is 0 Å². The summed E-state index contributed by atoms with van der Waals surface area (Å²) in [5, 5.41) is 3.45. The van der Waals surface area contributed by atoms with Gasteiger partial charge in [0.1, 0.15) is 0 Å². The summed E-state index contributed by atoms with van der Waals surface area (Å²) in [4.78, 5) is 4.61. The maximum atomic E-state index is 6.29. The molecule has 0 aromatic carbocycles. The van der Waals surface area contributed by atoms with Crippen molar-refractivity contribution in [2.45, 2.75) is 39.0 Å². The van der Waals surface area contributed by atoms with Crippen LogP contribution in [0.3, 0.4) is 0 Å². The highest BCUT2D eigenvalue weighted by Crippen LogP contribution is 2.57. The number of hydrogen-bond donors (Lipinski definition) is 0. The van der Waals surface area contributed by atoms with Crippen LogP contribution >= 0.6 is 22.9 Å². The minimum atomic E-state index is 0.384. The number of nitrogens with zero attached hydrogens (tertiary/aromatic N) is 1. The highest BCUT2D eigenvalue weighted by molar-refractivity contribution is 7.09. The van der Waals surface area contributed by atoms with Gasteiger partial charge in [-0.15, -0.1) is 22.9 Å². The van der Waals surface area contributed by atoms with Gasteiger partial charge < -0.3 is 0 Å². The average molecular weight is 256 g/mol. The minimum absolute atomic E-state index is 0.384. The molecule has 0 amide bonds. The summed E-state index contributed by atoms with van der Waals surface area (Å²) >= 11 is 8.10.